The minimum atomic E-state index is -2.49. The second-order valence-electron chi connectivity index (χ2n) is 2.74. The molecule has 0 aliphatic carbocycles. The van der Waals surface area contributed by atoms with Gasteiger partial charge in [0, 0.05) is 5.25 Å². The van der Waals surface area contributed by atoms with Crippen molar-refractivity contribution in [2.75, 3.05) is 0 Å². The summed E-state index contributed by atoms with van der Waals surface area (Å²) in [7, 11) is -3.96. The monoisotopic (exact) mass is 162 g/mol. The lowest BCUT2D eigenvalue weighted by molar-refractivity contribution is 0.623. The highest BCUT2D eigenvalue weighted by molar-refractivity contribution is 7.77. The number of hydrogen-bond acceptors (Lipinski definition) is 2. The molecule has 0 aliphatic heterocycles. The Bertz CT molecular complexity index is 205. The molecule has 0 aliphatic rings. The molecule has 0 aromatic heterocycles. The van der Waals surface area contributed by atoms with E-state index in [1.54, 1.807) is 0 Å². The molecule has 0 bridgehead atoms. The third-order valence-corrected chi connectivity index (χ3v) is 1.90. The average molecular weight is 162 g/mol. The van der Waals surface area contributed by atoms with E-state index in [0.717, 1.165) is 0 Å². The highest BCUT2D eigenvalue weighted by atomic mass is 32.2. The van der Waals surface area contributed by atoms with Gasteiger partial charge in [-0.25, -0.2) is 8.42 Å². The lowest BCUT2D eigenvalue weighted by Gasteiger charge is -2.01. The Morgan fingerprint density at radius 2 is 1.67 bits per heavy atom. The average Bonchev–Trinajstić information content (AvgIpc) is 1.59. The van der Waals surface area contributed by atoms with E-state index in [1.165, 1.54) is 0 Å². The molecule has 0 aromatic rings. The molecule has 0 spiro atoms. The van der Waals surface area contributed by atoms with E-state index in [2.05, 4.69) is 10.8 Å². The summed E-state index contributed by atoms with van der Waals surface area (Å²) in [6, 6.07) is 0. The summed E-state index contributed by atoms with van der Waals surface area (Å²) in [6.45, 7) is 6.00. The zero-order chi connectivity index (χ0) is 7.49. The van der Waals surface area contributed by atoms with Gasteiger partial charge in [0.05, 0.1) is 0 Å². The van der Waals surface area contributed by atoms with E-state index in [1.807, 2.05) is 19.6 Å². The van der Waals surface area contributed by atoms with Gasteiger partial charge in [0.15, 0.2) is 0 Å². The molecule has 0 amide bonds. The molecular weight excluding hydrogens is 152 g/mol. The van der Waals surface area contributed by atoms with Crippen LogP contribution in [-0.4, -0.2) is 16.5 Å². The summed E-state index contributed by atoms with van der Waals surface area (Å²) in [4.78, 5) is 0. The molecule has 0 radical (unpaired) electrons. The topological polar surface area (TPSA) is 34.1 Å². The molecule has 0 rings (SSSR count). The standard InChI is InChI=1S/C5H10O2SSi/c1-9(2,3)5-4-8(6)7/h8H,1-3H3. The Labute approximate surface area is 58.2 Å². The molecule has 52 valence electrons. The maximum Gasteiger partial charge on any atom is 0.206 e. The SMILES string of the molecule is C[Si](C)(C)C#C[SH](=O)=O. The molecule has 0 unspecified atom stereocenters. The van der Waals surface area contributed by atoms with Crippen LogP contribution in [0.3, 0.4) is 0 Å². The zero-order valence-corrected chi connectivity index (χ0v) is 7.66. The van der Waals surface area contributed by atoms with Crippen molar-refractivity contribution in [2.45, 2.75) is 19.6 Å². The van der Waals surface area contributed by atoms with Crippen LogP contribution in [0.25, 0.3) is 0 Å². The quantitative estimate of drug-likeness (QED) is 0.318. The second-order valence-corrected chi connectivity index (χ2v) is 8.23. The fraction of sp³-hybridized carbons (Fsp3) is 0.600. The molecular formula is C5H10O2SSi. The second kappa shape index (κ2) is 3.04. The van der Waals surface area contributed by atoms with E-state index in [-0.39, 0.29) is 0 Å². The van der Waals surface area contributed by atoms with Crippen molar-refractivity contribution in [1.29, 1.82) is 0 Å². The van der Waals surface area contributed by atoms with Gasteiger partial charge >= 0.3 is 0 Å². The molecule has 0 saturated heterocycles. The first-order valence-corrected chi connectivity index (χ1v) is 7.27. The predicted octanol–water partition coefficient (Wildman–Crippen LogP) is 0.436. The van der Waals surface area contributed by atoms with Crippen molar-refractivity contribution in [3.05, 3.63) is 0 Å². The van der Waals surface area contributed by atoms with Crippen molar-refractivity contribution in [2.24, 2.45) is 0 Å². The van der Waals surface area contributed by atoms with Gasteiger partial charge in [0.25, 0.3) is 0 Å². The van der Waals surface area contributed by atoms with Gasteiger partial charge in [0.1, 0.15) is 8.07 Å². The summed E-state index contributed by atoms with van der Waals surface area (Å²) < 4.78 is 19.9. The summed E-state index contributed by atoms with van der Waals surface area (Å²) in [5.41, 5.74) is 2.71. The smallest absolute Gasteiger partial charge is 0.206 e. The van der Waals surface area contributed by atoms with E-state index in [4.69, 9.17) is 0 Å². The molecule has 0 fully saturated rings. The Kier molecular flexibility index (Phi) is 2.95. The molecule has 0 heterocycles. The minimum absolute atomic E-state index is 1.46. The largest absolute Gasteiger partial charge is 0.218 e. The first kappa shape index (κ1) is 8.73. The van der Waals surface area contributed by atoms with Crippen molar-refractivity contribution < 1.29 is 8.42 Å². The lowest BCUT2D eigenvalue weighted by Crippen LogP contribution is -2.16. The minimum Gasteiger partial charge on any atom is -0.218 e. The fourth-order valence-corrected chi connectivity index (χ4v) is 1.92. The van der Waals surface area contributed by atoms with Crippen LogP contribution in [0, 0.1) is 10.8 Å². The van der Waals surface area contributed by atoms with Crippen LogP contribution in [0.5, 0.6) is 0 Å². The molecule has 9 heavy (non-hydrogen) atoms. The fourth-order valence-electron chi connectivity index (χ4n) is 0.213. The van der Waals surface area contributed by atoms with Gasteiger partial charge in [-0.15, -0.1) is 5.54 Å². The maximum atomic E-state index is 9.93. The normalized spacial score (nSPS) is 10.7. The predicted molar refractivity (Wildman–Crippen MR) is 41.4 cm³/mol. The Hall–Kier alpha value is -0.273. The lowest BCUT2D eigenvalue weighted by atomic mass is 11.4. The van der Waals surface area contributed by atoms with Crippen molar-refractivity contribution >= 4 is 18.8 Å². The molecule has 0 atom stereocenters. The van der Waals surface area contributed by atoms with Gasteiger partial charge in [-0.2, -0.15) is 0 Å². The number of rotatable bonds is 0. The summed E-state index contributed by atoms with van der Waals surface area (Å²) >= 11 is 0. The first-order chi connectivity index (χ1) is 3.92. The first-order valence-electron chi connectivity index (χ1n) is 2.59. The van der Waals surface area contributed by atoms with E-state index in [9.17, 15) is 8.42 Å². The van der Waals surface area contributed by atoms with Gasteiger partial charge < -0.3 is 0 Å². The molecule has 0 saturated carbocycles. The third-order valence-electron chi connectivity index (χ3n) is 0.522. The van der Waals surface area contributed by atoms with Gasteiger partial charge in [-0.1, -0.05) is 19.6 Å². The third kappa shape index (κ3) is 7.73. The van der Waals surface area contributed by atoms with E-state index in [0.29, 0.717) is 0 Å². The molecule has 0 N–H and O–H groups in total. The summed E-state index contributed by atoms with van der Waals surface area (Å²) in [5.74, 6) is 0. The van der Waals surface area contributed by atoms with Crippen LogP contribution in [0.1, 0.15) is 0 Å². The maximum absolute atomic E-state index is 9.93. The van der Waals surface area contributed by atoms with E-state index < -0.39 is 18.8 Å². The summed E-state index contributed by atoms with van der Waals surface area (Å²) in [6.07, 6.45) is 0. The zero-order valence-electron chi connectivity index (χ0n) is 5.76. The van der Waals surface area contributed by atoms with Crippen LogP contribution in [0.2, 0.25) is 19.6 Å². The Morgan fingerprint density at radius 3 is 1.78 bits per heavy atom. The van der Waals surface area contributed by atoms with Crippen LogP contribution in [0.15, 0.2) is 0 Å². The Morgan fingerprint density at radius 1 is 1.22 bits per heavy atom. The molecule has 2 nitrogen and oxygen atoms in total. The summed E-state index contributed by atoms with van der Waals surface area (Å²) in [5, 5.41) is 2.15. The van der Waals surface area contributed by atoms with Gasteiger partial charge in [-0.3, -0.25) is 0 Å². The molecule has 0 aromatic carbocycles. The van der Waals surface area contributed by atoms with Crippen LogP contribution in [-0.2, 0) is 10.7 Å². The highest BCUT2D eigenvalue weighted by Crippen LogP contribution is 1.95. The van der Waals surface area contributed by atoms with Crippen molar-refractivity contribution in [3.8, 4) is 10.8 Å². The van der Waals surface area contributed by atoms with Crippen LogP contribution < -0.4 is 0 Å². The Balaban J connectivity index is 4.21. The van der Waals surface area contributed by atoms with Crippen LogP contribution in [0.4, 0.5) is 0 Å². The van der Waals surface area contributed by atoms with Crippen molar-refractivity contribution in [3.63, 3.8) is 0 Å². The number of hydrogen-bond donors (Lipinski definition) is 1. The highest BCUT2D eigenvalue weighted by Gasteiger charge is 2.07. The van der Waals surface area contributed by atoms with E-state index >= 15 is 0 Å². The van der Waals surface area contributed by atoms with Gasteiger partial charge in [0.2, 0.25) is 10.7 Å². The van der Waals surface area contributed by atoms with Crippen LogP contribution >= 0.6 is 0 Å². The molecule has 4 heteroatoms. The van der Waals surface area contributed by atoms with Gasteiger partial charge in [-0.05, 0) is 0 Å². The van der Waals surface area contributed by atoms with Crippen molar-refractivity contribution in [1.82, 2.24) is 0 Å². The number of thiol groups is 1.